The van der Waals surface area contributed by atoms with Crippen molar-refractivity contribution in [1.82, 2.24) is 25.1 Å². The van der Waals surface area contributed by atoms with E-state index in [1.54, 1.807) is 19.5 Å². The van der Waals surface area contributed by atoms with Crippen LogP contribution in [0.2, 0.25) is 0 Å². The number of nitrogen functional groups attached to an aromatic ring is 1. The normalized spacial score (nSPS) is 10.9. The van der Waals surface area contributed by atoms with Crippen LogP contribution in [-0.4, -0.2) is 38.8 Å². The number of ether oxygens (including phenoxy) is 1. The number of benzene rings is 1. The number of nitrogens with two attached hydrogens (primary N) is 1. The van der Waals surface area contributed by atoms with Crippen LogP contribution in [0, 0.1) is 0 Å². The van der Waals surface area contributed by atoms with Gasteiger partial charge in [0.1, 0.15) is 11.6 Å². The molecule has 0 spiro atoms. The van der Waals surface area contributed by atoms with Crippen molar-refractivity contribution in [3.05, 3.63) is 54.5 Å². The Morgan fingerprint density at radius 2 is 2.07 bits per heavy atom. The van der Waals surface area contributed by atoms with E-state index in [4.69, 9.17) is 10.5 Å². The van der Waals surface area contributed by atoms with Crippen molar-refractivity contribution in [1.29, 1.82) is 0 Å². The van der Waals surface area contributed by atoms with Crippen LogP contribution in [0.3, 0.4) is 0 Å². The first-order chi connectivity index (χ1) is 13.2. The SMILES string of the molecule is COc1cc(-c2ccn[nH]2)cc2nc(N)nc(NCCc3ccccn3)c12. The van der Waals surface area contributed by atoms with E-state index in [1.165, 1.54) is 0 Å². The lowest BCUT2D eigenvalue weighted by atomic mass is 10.1. The van der Waals surface area contributed by atoms with Crippen LogP contribution in [-0.2, 0) is 6.42 Å². The molecule has 1 aromatic carbocycles. The minimum Gasteiger partial charge on any atom is -0.496 e. The number of rotatable bonds is 6. The number of H-pyrrole nitrogens is 1. The molecule has 0 fully saturated rings. The number of fused-ring (bicyclic) bond motifs is 1. The quantitative estimate of drug-likeness (QED) is 0.483. The first kappa shape index (κ1) is 16.8. The highest BCUT2D eigenvalue weighted by atomic mass is 16.5. The van der Waals surface area contributed by atoms with Gasteiger partial charge in [-0.3, -0.25) is 10.1 Å². The summed E-state index contributed by atoms with van der Waals surface area (Å²) in [6, 6.07) is 11.6. The number of nitrogens with zero attached hydrogens (tertiary/aromatic N) is 4. The summed E-state index contributed by atoms with van der Waals surface area (Å²) < 4.78 is 5.60. The Kier molecular flexibility index (Phi) is 4.52. The maximum absolute atomic E-state index is 5.93. The number of methoxy groups -OCH3 is 1. The van der Waals surface area contributed by atoms with E-state index in [0.717, 1.165) is 28.8 Å². The molecular weight excluding hydrogens is 342 g/mol. The van der Waals surface area contributed by atoms with Crippen molar-refractivity contribution < 1.29 is 4.74 Å². The third-order valence-electron chi connectivity index (χ3n) is 4.21. The van der Waals surface area contributed by atoms with Crippen LogP contribution < -0.4 is 15.8 Å². The second kappa shape index (κ2) is 7.28. The molecule has 0 aliphatic carbocycles. The van der Waals surface area contributed by atoms with Crippen LogP contribution >= 0.6 is 0 Å². The molecule has 4 rings (SSSR count). The summed E-state index contributed by atoms with van der Waals surface area (Å²) in [5.74, 6) is 1.51. The molecule has 3 aromatic heterocycles. The van der Waals surface area contributed by atoms with Crippen molar-refractivity contribution in [2.45, 2.75) is 6.42 Å². The third-order valence-corrected chi connectivity index (χ3v) is 4.21. The summed E-state index contributed by atoms with van der Waals surface area (Å²) in [6.07, 6.45) is 4.25. The highest BCUT2D eigenvalue weighted by Crippen LogP contribution is 2.35. The van der Waals surface area contributed by atoms with Crippen molar-refractivity contribution in [3.63, 3.8) is 0 Å². The van der Waals surface area contributed by atoms with Gasteiger partial charge in [-0.05, 0) is 30.3 Å². The molecule has 0 radical (unpaired) electrons. The first-order valence-electron chi connectivity index (χ1n) is 8.53. The Morgan fingerprint density at radius 1 is 1.15 bits per heavy atom. The maximum Gasteiger partial charge on any atom is 0.222 e. The Hall–Kier alpha value is -3.68. The predicted molar refractivity (Wildman–Crippen MR) is 105 cm³/mol. The molecule has 0 aliphatic rings. The van der Waals surface area contributed by atoms with Crippen LogP contribution in [0.1, 0.15) is 5.69 Å². The molecular formula is C19H19N7O. The average Bonchev–Trinajstić information content (AvgIpc) is 3.22. The number of aromatic nitrogens is 5. The molecule has 4 aromatic rings. The number of hydrogen-bond donors (Lipinski definition) is 3. The van der Waals surface area contributed by atoms with Crippen LogP contribution in [0.15, 0.2) is 48.8 Å². The van der Waals surface area contributed by atoms with Gasteiger partial charge in [-0.2, -0.15) is 10.1 Å². The molecule has 3 heterocycles. The Bertz CT molecular complexity index is 1050. The minimum absolute atomic E-state index is 0.201. The van der Waals surface area contributed by atoms with Gasteiger partial charge in [0, 0.05) is 36.6 Å². The zero-order valence-electron chi connectivity index (χ0n) is 14.8. The monoisotopic (exact) mass is 361 g/mol. The van der Waals surface area contributed by atoms with Gasteiger partial charge in [-0.25, -0.2) is 4.98 Å². The van der Waals surface area contributed by atoms with Gasteiger partial charge in [-0.1, -0.05) is 6.07 Å². The van der Waals surface area contributed by atoms with Crippen molar-refractivity contribution >= 4 is 22.7 Å². The predicted octanol–water partition coefficient (Wildman–Crippen LogP) is 2.66. The van der Waals surface area contributed by atoms with E-state index in [0.29, 0.717) is 23.6 Å². The van der Waals surface area contributed by atoms with E-state index in [-0.39, 0.29) is 5.95 Å². The van der Waals surface area contributed by atoms with E-state index >= 15 is 0 Å². The summed E-state index contributed by atoms with van der Waals surface area (Å²) in [4.78, 5) is 13.1. The van der Waals surface area contributed by atoms with Gasteiger partial charge >= 0.3 is 0 Å². The second-order valence-electron chi connectivity index (χ2n) is 5.97. The maximum atomic E-state index is 5.93. The zero-order valence-corrected chi connectivity index (χ0v) is 14.8. The second-order valence-corrected chi connectivity index (χ2v) is 5.97. The van der Waals surface area contributed by atoms with E-state index in [1.807, 2.05) is 36.4 Å². The van der Waals surface area contributed by atoms with Gasteiger partial charge < -0.3 is 15.8 Å². The summed E-state index contributed by atoms with van der Waals surface area (Å²) >= 11 is 0. The molecule has 0 atom stereocenters. The van der Waals surface area contributed by atoms with Gasteiger partial charge in [0.05, 0.1) is 23.7 Å². The number of pyridine rings is 1. The van der Waals surface area contributed by atoms with Crippen molar-refractivity contribution in [2.24, 2.45) is 0 Å². The fourth-order valence-corrected chi connectivity index (χ4v) is 2.96. The Morgan fingerprint density at radius 3 is 2.81 bits per heavy atom. The van der Waals surface area contributed by atoms with Gasteiger partial charge in [-0.15, -0.1) is 0 Å². The molecule has 8 nitrogen and oxygen atoms in total. The Labute approximate surface area is 155 Å². The number of aromatic amines is 1. The molecule has 0 bridgehead atoms. The summed E-state index contributed by atoms with van der Waals surface area (Å²) in [5.41, 5.74) is 9.42. The first-order valence-corrected chi connectivity index (χ1v) is 8.53. The molecule has 0 saturated carbocycles. The van der Waals surface area contributed by atoms with Gasteiger partial charge in [0.2, 0.25) is 5.95 Å². The standard InChI is InChI=1S/C19H19N7O/c1-27-16-11-12(14-6-9-23-26-14)10-15-17(16)18(25-19(20)24-15)22-8-5-13-4-2-3-7-21-13/h2-4,6-7,9-11H,5,8H2,1H3,(H,23,26)(H3,20,22,24,25). The lowest BCUT2D eigenvalue weighted by molar-refractivity contribution is 0.420. The van der Waals surface area contributed by atoms with Crippen molar-refractivity contribution in [2.75, 3.05) is 24.7 Å². The van der Waals surface area contributed by atoms with Gasteiger partial charge in [0.25, 0.3) is 0 Å². The fraction of sp³-hybridized carbons (Fsp3) is 0.158. The number of nitrogens with one attached hydrogen (secondary N) is 2. The average molecular weight is 361 g/mol. The lowest BCUT2D eigenvalue weighted by Crippen LogP contribution is -2.10. The fourth-order valence-electron chi connectivity index (χ4n) is 2.96. The molecule has 4 N–H and O–H groups in total. The Balaban J connectivity index is 1.69. The molecule has 27 heavy (non-hydrogen) atoms. The molecule has 136 valence electrons. The van der Waals surface area contributed by atoms with E-state index < -0.39 is 0 Å². The zero-order chi connectivity index (χ0) is 18.6. The van der Waals surface area contributed by atoms with Crippen molar-refractivity contribution in [3.8, 4) is 17.0 Å². The van der Waals surface area contributed by atoms with E-state index in [2.05, 4.69) is 30.5 Å². The lowest BCUT2D eigenvalue weighted by Gasteiger charge is -2.13. The highest BCUT2D eigenvalue weighted by molar-refractivity contribution is 5.98. The van der Waals surface area contributed by atoms with Gasteiger partial charge in [0.15, 0.2) is 0 Å². The molecule has 0 amide bonds. The topological polar surface area (TPSA) is 115 Å². The smallest absolute Gasteiger partial charge is 0.222 e. The number of anilines is 2. The summed E-state index contributed by atoms with van der Waals surface area (Å²) in [5, 5.41) is 11.1. The molecule has 0 unspecified atom stereocenters. The minimum atomic E-state index is 0.201. The third kappa shape index (κ3) is 3.50. The molecule has 8 heteroatoms. The highest BCUT2D eigenvalue weighted by Gasteiger charge is 2.14. The largest absolute Gasteiger partial charge is 0.496 e. The summed E-state index contributed by atoms with van der Waals surface area (Å²) in [6.45, 7) is 0.661. The van der Waals surface area contributed by atoms with Crippen LogP contribution in [0.4, 0.5) is 11.8 Å². The molecule has 0 aliphatic heterocycles. The number of hydrogen-bond acceptors (Lipinski definition) is 7. The van der Waals surface area contributed by atoms with Crippen LogP contribution in [0.25, 0.3) is 22.2 Å². The molecule has 0 saturated heterocycles. The summed E-state index contributed by atoms with van der Waals surface area (Å²) in [7, 11) is 1.62. The van der Waals surface area contributed by atoms with Crippen LogP contribution in [0.5, 0.6) is 5.75 Å². The van der Waals surface area contributed by atoms with E-state index in [9.17, 15) is 0 Å².